The first kappa shape index (κ1) is 14.5. The lowest BCUT2D eigenvalue weighted by molar-refractivity contribution is 0.406. The minimum Gasteiger partial charge on any atom is -0.496 e. The molecule has 0 bridgehead atoms. The molecule has 0 atom stereocenters. The summed E-state index contributed by atoms with van der Waals surface area (Å²) in [6, 6.07) is 4.08. The first-order valence-electron chi connectivity index (χ1n) is 6.81. The molecular weight excluding hydrogens is 250 g/mol. The van der Waals surface area contributed by atoms with Gasteiger partial charge in [-0.05, 0) is 44.5 Å². The number of methoxy groups -OCH3 is 1. The van der Waals surface area contributed by atoms with Crippen LogP contribution in [0.3, 0.4) is 0 Å². The number of nitrogens with one attached hydrogen (secondary N) is 1. The number of hydrogen-bond donors (Lipinski definition) is 1. The summed E-state index contributed by atoms with van der Waals surface area (Å²) in [7, 11) is 1.70. The number of ether oxygens (including phenoxy) is 1. The molecular formula is C16H21N3O. The molecule has 0 aliphatic heterocycles. The van der Waals surface area contributed by atoms with Crippen molar-refractivity contribution in [3.8, 4) is 5.75 Å². The summed E-state index contributed by atoms with van der Waals surface area (Å²) in [5, 5.41) is 3.42. The highest BCUT2D eigenvalue weighted by Gasteiger charge is 2.08. The summed E-state index contributed by atoms with van der Waals surface area (Å²) in [5.41, 5.74) is 4.52. The third kappa shape index (κ3) is 3.54. The smallest absolute Gasteiger partial charge is 0.128 e. The monoisotopic (exact) mass is 271 g/mol. The highest BCUT2D eigenvalue weighted by atomic mass is 16.5. The van der Waals surface area contributed by atoms with E-state index in [9.17, 15) is 0 Å². The molecule has 0 aliphatic carbocycles. The molecule has 0 radical (unpaired) electrons. The average Bonchev–Trinajstić information content (AvgIpc) is 2.47. The first-order valence-corrected chi connectivity index (χ1v) is 6.81. The highest BCUT2D eigenvalue weighted by Crippen LogP contribution is 2.23. The minimum atomic E-state index is 0.757. The molecule has 2 heterocycles. The van der Waals surface area contributed by atoms with Crippen LogP contribution in [-0.2, 0) is 13.0 Å². The Morgan fingerprint density at radius 3 is 2.65 bits per heavy atom. The number of aryl methyl sites for hydroxylation is 1. The summed E-state index contributed by atoms with van der Waals surface area (Å²) in [6.07, 6.45) is 6.51. The van der Waals surface area contributed by atoms with E-state index in [4.69, 9.17) is 4.74 Å². The minimum absolute atomic E-state index is 0.757. The zero-order chi connectivity index (χ0) is 14.4. The molecule has 2 aromatic rings. The number of pyridine rings is 2. The SMILES string of the molecule is COc1c(C)cnc(CNCCc2ccncc2)c1C. The average molecular weight is 271 g/mol. The van der Waals surface area contributed by atoms with Gasteiger partial charge in [-0.1, -0.05) is 0 Å². The Morgan fingerprint density at radius 1 is 1.20 bits per heavy atom. The molecule has 20 heavy (non-hydrogen) atoms. The van der Waals surface area contributed by atoms with E-state index in [1.165, 1.54) is 5.56 Å². The van der Waals surface area contributed by atoms with E-state index in [0.29, 0.717) is 0 Å². The van der Waals surface area contributed by atoms with Crippen LogP contribution in [0, 0.1) is 13.8 Å². The van der Waals surface area contributed by atoms with Gasteiger partial charge < -0.3 is 10.1 Å². The van der Waals surface area contributed by atoms with Gasteiger partial charge in [-0.25, -0.2) is 0 Å². The van der Waals surface area contributed by atoms with E-state index in [0.717, 1.165) is 42.1 Å². The lowest BCUT2D eigenvalue weighted by Gasteiger charge is -2.12. The van der Waals surface area contributed by atoms with Crippen LogP contribution in [-0.4, -0.2) is 23.6 Å². The fraction of sp³-hybridized carbons (Fsp3) is 0.375. The van der Waals surface area contributed by atoms with Crippen molar-refractivity contribution in [2.45, 2.75) is 26.8 Å². The molecule has 4 heteroatoms. The van der Waals surface area contributed by atoms with Crippen LogP contribution in [0.5, 0.6) is 5.75 Å². The van der Waals surface area contributed by atoms with E-state index in [1.54, 1.807) is 7.11 Å². The largest absolute Gasteiger partial charge is 0.496 e. The molecule has 0 aliphatic rings. The van der Waals surface area contributed by atoms with Gasteiger partial charge in [0.25, 0.3) is 0 Å². The topological polar surface area (TPSA) is 47.0 Å². The van der Waals surface area contributed by atoms with E-state index in [2.05, 4.69) is 22.2 Å². The molecule has 0 fully saturated rings. The molecule has 2 aromatic heterocycles. The summed E-state index contributed by atoms with van der Waals surface area (Å²) in [4.78, 5) is 8.49. The Labute approximate surface area is 120 Å². The van der Waals surface area contributed by atoms with Crippen molar-refractivity contribution in [1.29, 1.82) is 0 Å². The quantitative estimate of drug-likeness (QED) is 0.820. The van der Waals surface area contributed by atoms with Gasteiger partial charge in [0.1, 0.15) is 5.75 Å². The molecule has 0 saturated heterocycles. The lowest BCUT2D eigenvalue weighted by atomic mass is 10.1. The van der Waals surface area contributed by atoms with Crippen LogP contribution in [0.15, 0.2) is 30.7 Å². The molecule has 4 nitrogen and oxygen atoms in total. The zero-order valence-corrected chi connectivity index (χ0v) is 12.3. The Hall–Kier alpha value is -1.94. The van der Waals surface area contributed by atoms with Gasteiger partial charge in [-0.3, -0.25) is 9.97 Å². The lowest BCUT2D eigenvalue weighted by Crippen LogP contribution is -2.18. The standard InChI is InChI=1S/C16H21N3O/c1-12-10-19-15(13(2)16(12)20-3)11-18-9-6-14-4-7-17-8-5-14/h4-5,7-8,10,18H,6,9,11H2,1-3H3. The Kier molecular flexibility index (Phi) is 5.07. The van der Waals surface area contributed by atoms with E-state index in [1.807, 2.05) is 37.6 Å². The van der Waals surface area contributed by atoms with Crippen molar-refractivity contribution in [2.24, 2.45) is 0 Å². The first-order chi connectivity index (χ1) is 9.72. The van der Waals surface area contributed by atoms with Gasteiger partial charge in [0, 0.05) is 36.3 Å². The molecule has 0 saturated carbocycles. The summed E-state index contributed by atoms with van der Waals surface area (Å²) in [6.45, 7) is 5.74. The van der Waals surface area contributed by atoms with Gasteiger partial charge in [-0.15, -0.1) is 0 Å². The molecule has 106 valence electrons. The molecule has 1 N–H and O–H groups in total. The fourth-order valence-corrected chi connectivity index (χ4v) is 2.24. The summed E-state index contributed by atoms with van der Waals surface area (Å²) < 4.78 is 5.42. The van der Waals surface area contributed by atoms with Crippen molar-refractivity contribution in [1.82, 2.24) is 15.3 Å². The third-order valence-corrected chi connectivity index (χ3v) is 3.38. The number of hydrogen-bond acceptors (Lipinski definition) is 4. The predicted octanol–water partition coefficient (Wildman–Crippen LogP) is 2.43. The van der Waals surface area contributed by atoms with Crippen molar-refractivity contribution in [3.63, 3.8) is 0 Å². The van der Waals surface area contributed by atoms with Gasteiger partial charge in [0.2, 0.25) is 0 Å². The van der Waals surface area contributed by atoms with E-state index >= 15 is 0 Å². The van der Waals surface area contributed by atoms with Crippen LogP contribution in [0.2, 0.25) is 0 Å². The van der Waals surface area contributed by atoms with Crippen molar-refractivity contribution in [3.05, 3.63) is 53.1 Å². The normalized spacial score (nSPS) is 10.6. The van der Waals surface area contributed by atoms with Crippen LogP contribution in [0.25, 0.3) is 0 Å². The third-order valence-electron chi connectivity index (χ3n) is 3.38. The zero-order valence-electron chi connectivity index (χ0n) is 12.3. The second kappa shape index (κ2) is 7.01. The predicted molar refractivity (Wildman–Crippen MR) is 79.9 cm³/mol. The van der Waals surface area contributed by atoms with Crippen molar-refractivity contribution >= 4 is 0 Å². The summed E-state index contributed by atoms with van der Waals surface area (Å²) in [5.74, 6) is 0.936. The number of nitrogens with zero attached hydrogens (tertiary/aromatic N) is 2. The van der Waals surface area contributed by atoms with Crippen LogP contribution in [0.4, 0.5) is 0 Å². The van der Waals surface area contributed by atoms with E-state index < -0.39 is 0 Å². The highest BCUT2D eigenvalue weighted by molar-refractivity contribution is 5.40. The second-order valence-corrected chi connectivity index (χ2v) is 4.83. The van der Waals surface area contributed by atoms with Crippen LogP contribution in [0.1, 0.15) is 22.4 Å². The Morgan fingerprint density at radius 2 is 1.95 bits per heavy atom. The van der Waals surface area contributed by atoms with Gasteiger partial charge in [0.05, 0.1) is 12.8 Å². The van der Waals surface area contributed by atoms with Gasteiger partial charge in [0.15, 0.2) is 0 Å². The maximum absolute atomic E-state index is 5.42. The maximum Gasteiger partial charge on any atom is 0.128 e. The van der Waals surface area contributed by atoms with Crippen molar-refractivity contribution in [2.75, 3.05) is 13.7 Å². The van der Waals surface area contributed by atoms with Gasteiger partial charge in [-0.2, -0.15) is 0 Å². The summed E-state index contributed by atoms with van der Waals surface area (Å²) >= 11 is 0. The maximum atomic E-state index is 5.42. The van der Waals surface area contributed by atoms with Crippen molar-refractivity contribution < 1.29 is 4.74 Å². The molecule has 0 spiro atoms. The second-order valence-electron chi connectivity index (χ2n) is 4.83. The molecule has 2 rings (SSSR count). The molecule has 0 aromatic carbocycles. The van der Waals surface area contributed by atoms with Gasteiger partial charge >= 0.3 is 0 Å². The number of aromatic nitrogens is 2. The Balaban J connectivity index is 1.88. The van der Waals surface area contributed by atoms with Crippen LogP contribution >= 0.6 is 0 Å². The molecule has 0 amide bonds. The van der Waals surface area contributed by atoms with E-state index in [-0.39, 0.29) is 0 Å². The molecule has 0 unspecified atom stereocenters. The number of rotatable bonds is 6. The fourth-order valence-electron chi connectivity index (χ4n) is 2.24. The Bertz CT molecular complexity index is 555. The van der Waals surface area contributed by atoms with Crippen LogP contribution < -0.4 is 10.1 Å².